The molecule has 0 radical (unpaired) electrons. The monoisotopic (exact) mass is 436 g/mol. The van der Waals surface area contributed by atoms with Gasteiger partial charge in [0.2, 0.25) is 0 Å². The van der Waals surface area contributed by atoms with Crippen molar-refractivity contribution < 1.29 is 9.18 Å². The Morgan fingerprint density at radius 2 is 1.81 bits per heavy atom. The van der Waals surface area contributed by atoms with E-state index in [0.717, 1.165) is 11.3 Å². The number of hydrogen-bond acceptors (Lipinski definition) is 3. The number of fused-ring (bicyclic) bond motifs is 1. The number of rotatable bonds is 4. The highest BCUT2D eigenvalue weighted by atomic mass is 19.1. The summed E-state index contributed by atoms with van der Waals surface area (Å²) in [6.45, 7) is 2.13. The third-order valence-corrected chi connectivity index (χ3v) is 7.14. The molecular weight excluding hydrogens is 407 g/mol. The van der Waals surface area contributed by atoms with E-state index in [1.807, 2.05) is 11.6 Å². The first kappa shape index (κ1) is 20.9. The molecule has 0 spiro atoms. The van der Waals surface area contributed by atoms with Crippen LogP contribution in [0.5, 0.6) is 0 Å². The Hall–Kier alpha value is -2.96. The Morgan fingerprint density at radius 1 is 1.12 bits per heavy atom. The van der Waals surface area contributed by atoms with Gasteiger partial charge in [0.05, 0.1) is 18.1 Å². The van der Waals surface area contributed by atoms with E-state index in [2.05, 4.69) is 29.4 Å². The number of amides is 1. The molecule has 2 aromatic heterocycles. The predicted octanol–water partition coefficient (Wildman–Crippen LogP) is 4.10. The average Bonchev–Trinajstić information content (AvgIpc) is 3.14. The van der Waals surface area contributed by atoms with Crippen molar-refractivity contribution in [3.05, 3.63) is 57.5 Å². The second-order valence-electron chi connectivity index (χ2n) is 9.31. The summed E-state index contributed by atoms with van der Waals surface area (Å²) in [7, 11) is 1.86. The van der Waals surface area contributed by atoms with Crippen molar-refractivity contribution in [3.63, 3.8) is 0 Å². The van der Waals surface area contributed by atoms with Gasteiger partial charge in [0.25, 0.3) is 11.5 Å². The van der Waals surface area contributed by atoms with Crippen LogP contribution in [0.1, 0.15) is 59.6 Å². The molecule has 1 aliphatic heterocycles. The first-order valence-electron chi connectivity index (χ1n) is 11.5. The van der Waals surface area contributed by atoms with E-state index >= 15 is 0 Å². The van der Waals surface area contributed by atoms with Gasteiger partial charge in [0.15, 0.2) is 5.65 Å². The predicted molar refractivity (Wildman–Crippen MR) is 122 cm³/mol. The fraction of sp³-hybridized carbons (Fsp3) is 0.480. The molecular formula is C25H29FN4O2. The van der Waals surface area contributed by atoms with E-state index < -0.39 is 6.67 Å². The Kier molecular flexibility index (Phi) is 5.35. The van der Waals surface area contributed by atoms with Gasteiger partial charge in [-0.15, -0.1) is 0 Å². The lowest BCUT2D eigenvalue weighted by atomic mass is 9.84. The Morgan fingerprint density at radius 3 is 2.47 bits per heavy atom. The van der Waals surface area contributed by atoms with E-state index in [-0.39, 0.29) is 17.4 Å². The molecule has 0 bridgehead atoms. The van der Waals surface area contributed by atoms with Crippen molar-refractivity contribution in [3.8, 4) is 11.3 Å². The number of benzene rings is 1. The van der Waals surface area contributed by atoms with Crippen LogP contribution in [0.15, 0.2) is 35.1 Å². The van der Waals surface area contributed by atoms with Crippen LogP contribution < -0.4 is 5.56 Å². The number of likely N-dealkylation sites (tertiary alicyclic amines) is 1. The summed E-state index contributed by atoms with van der Waals surface area (Å²) in [6, 6.07) is 10.1. The van der Waals surface area contributed by atoms with E-state index in [1.54, 1.807) is 17.9 Å². The zero-order valence-corrected chi connectivity index (χ0v) is 18.7. The van der Waals surface area contributed by atoms with Gasteiger partial charge >= 0.3 is 0 Å². The van der Waals surface area contributed by atoms with Crippen molar-refractivity contribution >= 4 is 11.6 Å². The quantitative estimate of drug-likeness (QED) is 0.619. The molecule has 1 saturated heterocycles. The summed E-state index contributed by atoms with van der Waals surface area (Å²) in [5.74, 6) is 0.334. The Balaban J connectivity index is 1.54. The fourth-order valence-corrected chi connectivity index (χ4v) is 5.25. The molecule has 0 unspecified atom stereocenters. The summed E-state index contributed by atoms with van der Waals surface area (Å²) < 4.78 is 16.0. The highest BCUT2D eigenvalue weighted by Gasteiger charge is 2.34. The molecule has 0 atom stereocenters. The van der Waals surface area contributed by atoms with Gasteiger partial charge in [-0.3, -0.25) is 14.0 Å². The van der Waals surface area contributed by atoms with Gasteiger partial charge in [-0.25, -0.2) is 0 Å². The molecule has 0 N–H and O–H groups in total. The lowest BCUT2D eigenvalue weighted by Gasteiger charge is -2.37. The van der Waals surface area contributed by atoms with Gasteiger partial charge in [-0.1, -0.05) is 43.5 Å². The molecule has 6 nitrogen and oxygen atoms in total. The van der Waals surface area contributed by atoms with Crippen molar-refractivity contribution in [1.29, 1.82) is 0 Å². The van der Waals surface area contributed by atoms with Crippen LogP contribution in [0, 0.1) is 12.8 Å². The molecule has 1 aromatic carbocycles. The first-order valence-corrected chi connectivity index (χ1v) is 11.5. The number of carbonyl (C=O) groups excluding carboxylic acids is 1. The van der Waals surface area contributed by atoms with Crippen LogP contribution >= 0.6 is 0 Å². The molecule has 32 heavy (non-hydrogen) atoms. The summed E-state index contributed by atoms with van der Waals surface area (Å²) in [6.07, 6.45) is 6.39. The zero-order chi connectivity index (χ0) is 22.4. The van der Waals surface area contributed by atoms with Crippen LogP contribution in [0.3, 0.4) is 0 Å². The van der Waals surface area contributed by atoms with E-state index in [4.69, 9.17) is 0 Å². The number of aryl methyl sites for hydroxylation is 2. The minimum atomic E-state index is -0.420. The maximum absolute atomic E-state index is 13.2. The number of nitrogens with zero attached hydrogens (tertiary/aromatic N) is 4. The average molecular weight is 437 g/mol. The molecule has 1 amide bonds. The first-order chi connectivity index (χ1) is 15.5. The third-order valence-electron chi connectivity index (χ3n) is 7.14. The lowest BCUT2D eigenvalue weighted by Crippen LogP contribution is -2.51. The van der Waals surface area contributed by atoms with E-state index in [0.29, 0.717) is 35.9 Å². The summed E-state index contributed by atoms with van der Waals surface area (Å²) in [5, 5.41) is 4.35. The van der Waals surface area contributed by atoms with E-state index in [1.165, 1.54) is 42.2 Å². The normalized spacial score (nSPS) is 17.7. The molecule has 168 valence electrons. The van der Waals surface area contributed by atoms with Gasteiger partial charge < -0.3 is 9.47 Å². The number of aromatic nitrogens is 3. The standard InChI is InChI=1S/C25H29FN4O2/c1-16-23(25(32)29-14-17(13-26)15-29)24-28(2)21(12-22(31)30(24)27-16)20-10-8-19(9-11-20)18-6-4-3-5-7-18/h8-12,17-18H,3-7,13-15H2,1-2H3. The van der Waals surface area contributed by atoms with Crippen molar-refractivity contribution in [2.45, 2.75) is 44.9 Å². The molecule has 1 saturated carbocycles. The molecule has 3 aromatic rings. The van der Waals surface area contributed by atoms with Crippen LogP contribution in [0.4, 0.5) is 4.39 Å². The SMILES string of the molecule is Cc1nn2c(=O)cc(-c3ccc(C4CCCCC4)cc3)n(C)c2c1C(=O)N1CC(CF)C1. The maximum atomic E-state index is 13.2. The smallest absolute Gasteiger partial charge is 0.274 e. The molecule has 1 aliphatic carbocycles. The zero-order valence-electron chi connectivity index (χ0n) is 18.7. The number of hydrogen-bond donors (Lipinski definition) is 0. The highest BCUT2D eigenvalue weighted by Crippen LogP contribution is 2.34. The Labute approximate surface area is 186 Å². The van der Waals surface area contributed by atoms with Crippen LogP contribution in [0.25, 0.3) is 16.9 Å². The van der Waals surface area contributed by atoms with Gasteiger partial charge in [0, 0.05) is 32.1 Å². The molecule has 7 heteroatoms. The summed E-state index contributed by atoms with van der Waals surface area (Å²) >= 11 is 0. The van der Waals surface area contributed by atoms with Crippen molar-refractivity contribution in [2.24, 2.45) is 13.0 Å². The van der Waals surface area contributed by atoms with Gasteiger partial charge in [0.1, 0.15) is 5.56 Å². The van der Waals surface area contributed by atoms with Crippen LogP contribution in [0.2, 0.25) is 0 Å². The maximum Gasteiger partial charge on any atom is 0.274 e. The summed E-state index contributed by atoms with van der Waals surface area (Å²) in [5.41, 5.74) is 4.18. The minimum Gasteiger partial charge on any atom is -0.338 e. The molecule has 5 rings (SSSR count). The number of carbonyl (C=O) groups is 1. The topological polar surface area (TPSA) is 59.6 Å². The minimum absolute atomic E-state index is 0.0943. The summed E-state index contributed by atoms with van der Waals surface area (Å²) in [4.78, 5) is 27.7. The fourth-order valence-electron chi connectivity index (χ4n) is 5.25. The van der Waals surface area contributed by atoms with E-state index in [9.17, 15) is 14.0 Å². The van der Waals surface area contributed by atoms with Crippen LogP contribution in [-0.4, -0.2) is 44.8 Å². The molecule has 2 fully saturated rings. The van der Waals surface area contributed by atoms with Gasteiger partial charge in [-0.2, -0.15) is 9.61 Å². The molecule has 2 aliphatic rings. The highest BCUT2D eigenvalue weighted by molar-refractivity contribution is 6.01. The molecule has 3 heterocycles. The second kappa shape index (κ2) is 8.19. The van der Waals surface area contributed by atoms with Gasteiger partial charge in [-0.05, 0) is 36.8 Å². The van der Waals surface area contributed by atoms with Crippen molar-refractivity contribution in [1.82, 2.24) is 19.1 Å². The largest absolute Gasteiger partial charge is 0.338 e. The lowest BCUT2D eigenvalue weighted by molar-refractivity contribution is 0.0453. The van der Waals surface area contributed by atoms with Crippen LogP contribution in [-0.2, 0) is 7.05 Å². The third kappa shape index (κ3) is 3.44. The number of halogens is 1. The number of alkyl halides is 1. The Bertz CT molecular complexity index is 1220. The second-order valence-corrected chi connectivity index (χ2v) is 9.31. The van der Waals surface area contributed by atoms with Crippen molar-refractivity contribution in [2.75, 3.05) is 19.8 Å².